The number of rotatable bonds is 2. The van der Waals surface area contributed by atoms with E-state index in [-0.39, 0.29) is 11.5 Å². The third-order valence-corrected chi connectivity index (χ3v) is 2.32. The SMILES string of the molecule is Cc1nccnc1C(=NO)c1ccc(F)cc1. The Morgan fingerprint density at radius 1 is 1.18 bits per heavy atom. The highest BCUT2D eigenvalue weighted by Crippen LogP contribution is 2.11. The molecule has 0 amide bonds. The Morgan fingerprint density at radius 2 is 1.82 bits per heavy atom. The van der Waals surface area contributed by atoms with Gasteiger partial charge in [-0.15, -0.1) is 0 Å². The predicted octanol–water partition coefficient (Wildman–Crippen LogP) is 2.15. The molecule has 5 heteroatoms. The van der Waals surface area contributed by atoms with E-state index in [0.717, 1.165) is 0 Å². The molecule has 0 saturated heterocycles. The number of oxime groups is 1. The Labute approximate surface area is 97.5 Å². The molecule has 1 N–H and O–H groups in total. The molecule has 0 atom stereocenters. The van der Waals surface area contributed by atoms with E-state index in [1.165, 1.54) is 30.5 Å². The van der Waals surface area contributed by atoms with Gasteiger partial charge in [-0.25, -0.2) is 4.39 Å². The number of aromatic nitrogens is 2. The van der Waals surface area contributed by atoms with Gasteiger partial charge < -0.3 is 5.21 Å². The molecule has 0 saturated carbocycles. The van der Waals surface area contributed by atoms with Crippen molar-refractivity contribution >= 4 is 5.71 Å². The van der Waals surface area contributed by atoms with E-state index < -0.39 is 0 Å². The third-order valence-electron chi connectivity index (χ3n) is 2.32. The first-order valence-electron chi connectivity index (χ1n) is 4.98. The van der Waals surface area contributed by atoms with E-state index >= 15 is 0 Å². The molecule has 0 aliphatic carbocycles. The number of hydrogen-bond acceptors (Lipinski definition) is 4. The molecule has 0 bridgehead atoms. The number of aryl methyl sites for hydroxylation is 1. The second kappa shape index (κ2) is 4.69. The lowest BCUT2D eigenvalue weighted by atomic mass is 10.1. The van der Waals surface area contributed by atoms with Crippen molar-refractivity contribution in [3.8, 4) is 0 Å². The van der Waals surface area contributed by atoms with Crippen molar-refractivity contribution in [2.45, 2.75) is 6.92 Å². The maximum Gasteiger partial charge on any atom is 0.137 e. The van der Waals surface area contributed by atoms with Crippen LogP contribution in [0.2, 0.25) is 0 Å². The lowest BCUT2D eigenvalue weighted by Gasteiger charge is -2.05. The second-order valence-electron chi connectivity index (χ2n) is 3.45. The summed E-state index contributed by atoms with van der Waals surface area (Å²) in [6.45, 7) is 1.76. The van der Waals surface area contributed by atoms with Crippen LogP contribution in [0.1, 0.15) is 17.0 Å². The van der Waals surface area contributed by atoms with E-state index in [1.54, 1.807) is 13.1 Å². The summed E-state index contributed by atoms with van der Waals surface area (Å²) in [4.78, 5) is 8.16. The number of hydrogen-bond donors (Lipinski definition) is 1. The number of halogens is 1. The van der Waals surface area contributed by atoms with Gasteiger partial charge >= 0.3 is 0 Å². The highest BCUT2D eigenvalue weighted by Gasteiger charge is 2.12. The molecule has 4 nitrogen and oxygen atoms in total. The van der Waals surface area contributed by atoms with E-state index in [2.05, 4.69) is 15.1 Å². The molecule has 2 aromatic rings. The molecule has 1 aromatic heterocycles. The van der Waals surface area contributed by atoms with Crippen molar-refractivity contribution in [3.63, 3.8) is 0 Å². The Hall–Kier alpha value is -2.30. The quantitative estimate of drug-likeness (QED) is 0.489. The summed E-state index contributed by atoms with van der Waals surface area (Å²) in [6, 6.07) is 5.65. The monoisotopic (exact) mass is 231 g/mol. The minimum Gasteiger partial charge on any atom is -0.410 e. The van der Waals surface area contributed by atoms with Crippen LogP contribution < -0.4 is 0 Å². The minimum absolute atomic E-state index is 0.274. The zero-order valence-corrected chi connectivity index (χ0v) is 9.13. The van der Waals surface area contributed by atoms with E-state index in [0.29, 0.717) is 17.0 Å². The van der Waals surface area contributed by atoms with Gasteiger partial charge in [-0.05, 0) is 31.2 Å². The standard InChI is InChI=1S/C12H10FN3O/c1-8-11(15-7-6-14-8)12(16-17)9-2-4-10(13)5-3-9/h2-7,17H,1H3. The van der Waals surface area contributed by atoms with Gasteiger partial charge in [0.2, 0.25) is 0 Å². The first-order chi connectivity index (χ1) is 8.22. The van der Waals surface area contributed by atoms with Crippen LogP contribution in [0, 0.1) is 12.7 Å². The van der Waals surface area contributed by atoms with Gasteiger partial charge in [0.25, 0.3) is 0 Å². The first-order valence-corrected chi connectivity index (χ1v) is 4.98. The summed E-state index contributed by atoms with van der Waals surface area (Å²) >= 11 is 0. The van der Waals surface area contributed by atoms with Gasteiger partial charge in [0, 0.05) is 18.0 Å². The maximum absolute atomic E-state index is 12.8. The van der Waals surface area contributed by atoms with Crippen LogP contribution in [-0.2, 0) is 0 Å². The molecular weight excluding hydrogens is 221 g/mol. The van der Waals surface area contributed by atoms with Crippen molar-refractivity contribution in [3.05, 3.63) is 59.4 Å². The Bertz CT molecular complexity index is 552. The van der Waals surface area contributed by atoms with E-state index in [1.807, 2.05) is 0 Å². The average Bonchev–Trinajstić information content (AvgIpc) is 2.35. The van der Waals surface area contributed by atoms with Crippen LogP contribution in [0.5, 0.6) is 0 Å². The fourth-order valence-corrected chi connectivity index (χ4v) is 1.49. The van der Waals surface area contributed by atoms with Crippen LogP contribution in [0.3, 0.4) is 0 Å². The third kappa shape index (κ3) is 2.28. The summed E-state index contributed by atoms with van der Waals surface area (Å²) in [5.41, 5.74) is 1.97. The Kier molecular flexibility index (Phi) is 3.09. The van der Waals surface area contributed by atoms with E-state index in [9.17, 15) is 4.39 Å². The van der Waals surface area contributed by atoms with Gasteiger partial charge in [0.1, 0.15) is 17.2 Å². The first kappa shape index (κ1) is 11.2. The van der Waals surface area contributed by atoms with Crippen LogP contribution in [0.4, 0.5) is 4.39 Å². The molecule has 86 valence electrons. The summed E-state index contributed by atoms with van der Waals surface area (Å²) in [7, 11) is 0. The van der Waals surface area contributed by atoms with Crippen molar-refractivity contribution in [2.24, 2.45) is 5.16 Å². The Balaban J connectivity index is 2.49. The van der Waals surface area contributed by atoms with Gasteiger partial charge in [-0.1, -0.05) is 5.16 Å². The van der Waals surface area contributed by atoms with Gasteiger partial charge in [0.05, 0.1) is 5.69 Å². The Morgan fingerprint density at radius 3 is 2.41 bits per heavy atom. The highest BCUT2D eigenvalue weighted by atomic mass is 19.1. The second-order valence-corrected chi connectivity index (χ2v) is 3.45. The highest BCUT2D eigenvalue weighted by molar-refractivity contribution is 6.11. The summed E-state index contributed by atoms with van der Waals surface area (Å²) in [5.74, 6) is -0.345. The lowest BCUT2D eigenvalue weighted by Crippen LogP contribution is -2.09. The maximum atomic E-state index is 12.8. The van der Waals surface area contributed by atoms with Gasteiger partial charge in [-0.2, -0.15) is 0 Å². The van der Waals surface area contributed by atoms with Crippen LogP contribution in [0.15, 0.2) is 41.8 Å². The van der Waals surface area contributed by atoms with Crippen LogP contribution in [0.25, 0.3) is 0 Å². The molecule has 0 spiro atoms. The zero-order valence-electron chi connectivity index (χ0n) is 9.13. The molecule has 1 heterocycles. The number of nitrogens with zero attached hydrogens (tertiary/aromatic N) is 3. The zero-order chi connectivity index (χ0) is 12.3. The molecule has 0 radical (unpaired) electrons. The van der Waals surface area contributed by atoms with Crippen LogP contribution >= 0.6 is 0 Å². The summed E-state index contributed by atoms with van der Waals surface area (Å²) in [5, 5.41) is 12.3. The molecule has 0 fully saturated rings. The minimum atomic E-state index is -0.345. The lowest BCUT2D eigenvalue weighted by molar-refractivity contribution is 0.319. The smallest absolute Gasteiger partial charge is 0.137 e. The van der Waals surface area contributed by atoms with Crippen molar-refractivity contribution in [1.29, 1.82) is 0 Å². The largest absolute Gasteiger partial charge is 0.410 e. The molecule has 1 aromatic carbocycles. The molecular formula is C12H10FN3O. The fourth-order valence-electron chi connectivity index (χ4n) is 1.49. The molecule has 17 heavy (non-hydrogen) atoms. The average molecular weight is 231 g/mol. The van der Waals surface area contributed by atoms with E-state index in [4.69, 9.17) is 5.21 Å². The van der Waals surface area contributed by atoms with Gasteiger partial charge in [0.15, 0.2) is 0 Å². The molecule has 0 unspecified atom stereocenters. The number of benzene rings is 1. The predicted molar refractivity (Wildman–Crippen MR) is 60.6 cm³/mol. The topological polar surface area (TPSA) is 58.4 Å². The van der Waals surface area contributed by atoms with Crippen molar-refractivity contribution < 1.29 is 9.60 Å². The van der Waals surface area contributed by atoms with Crippen molar-refractivity contribution in [1.82, 2.24) is 9.97 Å². The summed E-state index contributed by atoms with van der Waals surface area (Å²) < 4.78 is 12.8. The molecule has 2 rings (SSSR count). The fraction of sp³-hybridized carbons (Fsp3) is 0.0833. The molecule has 0 aliphatic heterocycles. The van der Waals surface area contributed by atoms with Gasteiger partial charge in [-0.3, -0.25) is 9.97 Å². The van der Waals surface area contributed by atoms with Crippen molar-refractivity contribution in [2.75, 3.05) is 0 Å². The summed E-state index contributed by atoms with van der Waals surface area (Å²) in [6.07, 6.45) is 3.07. The normalized spacial score (nSPS) is 11.5. The molecule has 0 aliphatic rings. The van der Waals surface area contributed by atoms with Crippen LogP contribution in [-0.4, -0.2) is 20.9 Å².